The second-order valence-electron chi connectivity index (χ2n) is 15.8. The van der Waals surface area contributed by atoms with Gasteiger partial charge in [0.15, 0.2) is 0 Å². The van der Waals surface area contributed by atoms with Crippen LogP contribution in [0.1, 0.15) is 78.6 Å². The first-order chi connectivity index (χ1) is 24.8. The summed E-state index contributed by atoms with van der Waals surface area (Å²) in [5, 5.41) is -0.0775. The number of carbonyl (C=O) groups is 1. The van der Waals surface area contributed by atoms with Crippen LogP contribution in [-0.4, -0.2) is 70.4 Å². The number of carbonyl (C=O) groups excluding carboxylic acids is 1. The van der Waals surface area contributed by atoms with Gasteiger partial charge in [-0.25, -0.2) is 13.1 Å². The van der Waals surface area contributed by atoms with Gasteiger partial charge in [-0.3, -0.25) is 9.78 Å². The molecule has 11 heteroatoms. The minimum absolute atomic E-state index is 0.127. The van der Waals surface area contributed by atoms with Gasteiger partial charge in [-0.05, 0) is 124 Å². The molecule has 52 heavy (non-hydrogen) atoms. The van der Waals surface area contributed by atoms with Crippen molar-refractivity contribution in [2.45, 2.75) is 75.2 Å². The van der Waals surface area contributed by atoms with E-state index in [1.807, 2.05) is 51.6 Å². The molecule has 3 heterocycles. The Morgan fingerprint density at radius 3 is 2.69 bits per heavy atom. The van der Waals surface area contributed by atoms with Gasteiger partial charge in [-0.15, -0.1) is 0 Å². The molecule has 0 unspecified atom stereocenters. The SMILES string of the molecule is CO[C@@]1(c2cncc(CN(C)C)c2)/C=C\C[C@H](C)[C@@H](C)S(=O)(=O)NC(=O)c2ccc3c(c2)N(C[C@@H]2CC[C@H]21)C[C@@]1(CCCc2cc(Cl)ccc21)CO3. The minimum atomic E-state index is -3.98. The second kappa shape index (κ2) is 14.4. The summed E-state index contributed by atoms with van der Waals surface area (Å²) in [6.07, 6.45) is 13.5. The Morgan fingerprint density at radius 1 is 1.12 bits per heavy atom. The molecule has 1 aromatic heterocycles. The van der Waals surface area contributed by atoms with Gasteiger partial charge < -0.3 is 19.3 Å². The number of nitrogens with zero attached hydrogens (tertiary/aromatic N) is 3. The number of fused-ring (bicyclic) bond motifs is 4. The molecule has 2 aromatic carbocycles. The van der Waals surface area contributed by atoms with E-state index in [1.165, 1.54) is 11.1 Å². The standard InChI is InChI=1S/C41H51ClN4O5S/c1-27-8-6-17-41(50-5,33-18-29(21-43-22-33)23-45(3)4)36-13-10-32(36)24-46-25-40(16-7-9-30-19-34(42)12-14-35(30)40)26-51-38-15-11-31(20-37(38)46)39(47)44-52(48,49)28(27)2/h6,11-12,14-15,17-22,27-28,32,36H,7-10,13,16,23-26H2,1-5H3,(H,44,47)/b17-6-/t27-,28+,32-,36+,40-,41+/m0/s1. The van der Waals surface area contributed by atoms with Crippen LogP contribution in [0, 0.1) is 17.8 Å². The molecule has 2 bridgehead atoms. The van der Waals surface area contributed by atoms with Gasteiger partial charge in [0.05, 0.1) is 17.5 Å². The van der Waals surface area contributed by atoms with Gasteiger partial charge in [-0.2, -0.15) is 0 Å². The molecule has 6 atom stereocenters. The largest absolute Gasteiger partial charge is 0.490 e. The van der Waals surface area contributed by atoms with Gasteiger partial charge in [-0.1, -0.05) is 36.7 Å². The maximum Gasteiger partial charge on any atom is 0.264 e. The topological polar surface area (TPSA) is 101 Å². The number of ether oxygens (including phenoxy) is 2. The summed E-state index contributed by atoms with van der Waals surface area (Å²) in [5.74, 6) is 0.170. The van der Waals surface area contributed by atoms with Gasteiger partial charge in [0.1, 0.15) is 11.4 Å². The van der Waals surface area contributed by atoms with E-state index in [2.05, 4.69) is 44.9 Å². The average Bonchev–Trinajstić information content (AvgIpc) is 3.25. The Balaban J connectivity index is 1.36. The van der Waals surface area contributed by atoms with Gasteiger partial charge in [0.2, 0.25) is 10.0 Å². The van der Waals surface area contributed by atoms with Gasteiger partial charge in [0.25, 0.3) is 5.91 Å². The average molecular weight is 747 g/mol. The number of nitrogens with one attached hydrogen (secondary N) is 1. The van der Waals surface area contributed by atoms with Crippen molar-refractivity contribution >= 4 is 33.2 Å². The van der Waals surface area contributed by atoms with E-state index in [9.17, 15) is 13.2 Å². The molecule has 2 aliphatic heterocycles. The van der Waals surface area contributed by atoms with Crippen LogP contribution < -0.4 is 14.4 Å². The fourth-order valence-corrected chi connectivity index (χ4v) is 10.5. The first kappa shape index (κ1) is 36.9. The highest BCUT2D eigenvalue weighted by Crippen LogP contribution is 2.52. The number of hydrogen-bond donors (Lipinski definition) is 1. The number of sulfonamides is 1. The number of benzene rings is 2. The summed E-state index contributed by atoms with van der Waals surface area (Å²) in [6, 6.07) is 13.8. The Morgan fingerprint density at radius 2 is 1.94 bits per heavy atom. The van der Waals surface area contributed by atoms with Crippen LogP contribution in [-0.2, 0) is 38.7 Å². The maximum atomic E-state index is 13.6. The van der Waals surface area contributed by atoms with Crippen molar-refractivity contribution < 1.29 is 22.7 Å². The van der Waals surface area contributed by atoms with Crippen molar-refractivity contribution in [3.8, 4) is 5.75 Å². The molecule has 9 nitrogen and oxygen atoms in total. The summed E-state index contributed by atoms with van der Waals surface area (Å²) >= 11 is 6.49. The van der Waals surface area contributed by atoms with Crippen molar-refractivity contribution in [1.82, 2.24) is 14.6 Å². The molecule has 4 aliphatic rings. The number of anilines is 1. The third kappa shape index (κ3) is 6.88. The highest BCUT2D eigenvalue weighted by molar-refractivity contribution is 7.90. The summed E-state index contributed by atoms with van der Waals surface area (Å²) in [6.45, 7) is 6.21. The molecule has 1 N–H and O–H groups in total. The van der Waals surface area contributed by atoms with E-state index in [0.717, 1.165) is 60.5 Å². The number of methoxy groups -OCH3 is 1. The van der Waals surface area contributed by atoms with Crippen LogP contribution in [0.15, 0.2) is 67.0 Å². The monoisotopic (exact) mass is 746 g/mol. The quantitative estimate of drug-likeness (QED) is 0.289. The lowest BCUT2D eigenvalue weighted by Crippen LogP contribution is -2.52. The van der Waals surface area contributed by atoms with Crippen molar-refractivity contribution in [1.29, 1.82) is 0 Å². The van der Waals surface area contributed by atoms with Crippen LogP contribution in [0.5, 0.6) is 5.75 Å². The third-order valence-corrected chi connectivity index (χ3v) is 14.4. The zero-order valence-corrected chi connectivity index (χ0v) is 32.5. The number of pyridine rings is 1. The third-order valence-electron chi connectivity index (χ3n) is 12.2. The molecular weight excluding hydrogens is 696 g/mol. The fourth-order valence-electron chi connectivity index (χ4n) is 9.05. The number of hydrogen-bond acceptors (Lipinski definition) is 8. The van der Waals surface area contributed by atoms with Crippen LogP contribution in [0.25, 0.3) is 0 Å². The molecule has 1 saturated carbocycles. The molecule has 1 amide bonds. The molecule has 2 aliphatic carbocycles. The van der Waals surface area contributed by atoms with Crippen molar-refractivity contribution in [3.05, 3.63) is 99.9 Å². The molecule has 3 aromatic rings. The van der Waals surface area contributed by atoms with E-state index < -0.39 is 26.8 Å². The van der Waals surface area contributed by atoms with Crippen LogP contribution in [0.3, 0.4) is 0 Å². The first-order valence-electron chi connectivity index (χ1n) is 18.5. The number of allylic oxidation sites excluding steroid dienone is 1. The minimum Gasteiger partial charge on any atom is -0.490 e. The highest BCUT2D eigenvalue weighted by Gasteiger charge is 2.50. The van der Waals surface area contributed by atoms with E-state index in [1.54, 1.807) is 20.1 Å². The van der Waals surface area contributed by atoms with Gasteiger partial charge >= 0.3 is 0 Å². The molecule has 1 fully saturated rings. The second-order valence-corrected chi connectivity index (χ2v) is 18.3. The Labute approximate surface area is 313 Å². The van der Waals surface area contributed by atoms with E-state index >= 15 is 0 Å². The normalized spacial score (nSPS) is 30.7. The Kier molecular flexibility index (Phi) is 10.2. The molecule has 0 saturated heterocycles. The number of aryl methyl sites for hydroxylation is 1. The van der Waals surface area contributed by atoms with Crippen LogP contribution in [0.2, 0.25) is 5.02 Å². The maximum absolute atomic E-state index is 13.6. The fraction of sp³-hybridized carbons (Fsp3) is 0.512. The van der Waals surface area contributed by atoms with E-state index in [0.29, 0.717) is 31.9 Å². The predicted molar refractivity (Wildman–Crippen MR) is 206 cm³/mol. The number of rotatable bonds is 4. The summed E-state index contributed by atoms with van der Waals surface area (Å²) in [5.41, 5.74) is 4.64. The van der Waals surface area contributed by atoms with Crippen LogP contribution >= 0.6 is 11.6 Å². The van der Waals surface area contributed by atoms with E-state index in [4.69, 9.17) is 26.1 Å². The number of amides is 1. The lowest BCUT2D eigenvalue weighted by atomic mass is 9.62. The Bertz CT molecular complexity index is 1970. The summed E-state index contributed by atoms with van der Waals surface area (Å²) in [4.78, 5) is 22.9. The Hall–Kier alpha value is -3.44. The lowest BCUT2D eigenvalue weighted by molar-refractivity contribution is -0.0806. The molecular formula is C41H51ClN4O5S. The molecule has 1 spiro atoms. The van der Waals surface area contributed by atoms with Crippen molar-refractivity contribution in [2.75, 3.05) is 45.8 Å². The first-order valence-corrected chi connectivity index (χ1v) is 20.5. The summed E-state index contributed by atoms with van der Waals surface area (Å²) < 4.78 is 42.9. The van der Waals surface area contributed by atoms with Crippen LogP contribution in [0.4, 0.5) is 5.69 Å². The summed E-state index contributed by atoms with van der Waals surface area (Å²) in [7, 11) is 1.89. The van der Waals surface area contributed by atoms with Crippen molar-refractivity contribution in [2.24, 2.45) is 17.8 Å². The zero-order chi connectivity index (χ0) is 36.8. The number of halogens is 1. The molecule has 7 rings (SSSR count). The molecule has 278 valence electrons. The molecule has 0 radical (unpaired) electrons. The lowest BCUT2D eigenvalue weighted by Gasteiger charge is -2.50. The number of aromatic nitrogens is 1. The predicted octanol–water partition coefficient (Wildman–Crippen LogP) is 6.88. The van der Waals surface area contributed by atoms with Crippen molar-refractivity contribution in [3.63, 3.8) is 0 Å². The smallest absolute Gasteiger partial charge is 0.264 e. The van der Waals surface area contributed by atoms with Gasteiger partial charge in [0, 0.05) is 66.6 Å². The highest BCUT2D eigenvalue weighted by atomic mass is 35.5. The zero-order valence-electron chi connectivity index (χ0n) is 30.9. The van der Waals surface area contributed by atoms with E-state index in [-0.39, 0.29) is 28.7 Å².